The lowest BCUT2D eigenvalue weighted by Crippen LogP contribution is -2.33. The van der Waals surface area contributed by atoms with Crippen LogP contribution in [0.3, 0.4) is 0 Å². The number of rotatable bonds is 7. The van der Waals surface area contributed by atoms with Crippen molar-refractivity contribution in [2.24, 2.45) is 0 Å². The summed E-state index contributed by atoms with van der Waals surface area (Å²) >= 11 is 0. The van der Waals surface area contributed by atoms with Crippen LogP contribution in [0, 0.1) is 0 Å². The zero-order chi connectivity index (χ0) is 12.0. The minimum atomic E-state index is -3.56. The van der Waals surface area contributed by atoms with Gasteiger partial charge in [-0.05, 0) is 6.42 Å². The molecule has 0 saturated carbocycles. The molecule has 0 aliphatic rings. The topological polar surface area (TPSA) is 96.1 Å². The van der Waals surface area contributed by atoms with E-state index in [1.165, 1.54) is 7.11 Å². The van der Waals surface area contributed by atoms with Crippen LogP contribution in [0.4, 0.5) is 5.82 Å². The lowest BCUT2D eigenvalue weighted by atomic mass is 10.3. The van der Waals surface area contributed by atoms with Crippen LogP contribution in [-0.2, 0) is 21.4 Å². The maximum Gasteiger partial charge on any atom is 0.300 e. The number of ether oxygens (including phenoxy) is 1. The largest absolute Gasteiger partial charge is 0.383 e. The summed E-state index contributed by atoms with van der Waals surface area (Å²) in [5.41, 5.74) is 0.817. The number of nitrogens with one attached hydrogen (secondary N) is 3. The van der Waals surface area contributed by atoms with Crippen molar-refractivity contribution >= 4 is 16.0 Å². The van der Waals surface area contributed by atoms with Gasteiger partial charge in [0.2, 0.25) is 0 Å². The van der Waals surface area contributed by atoms with Gasteiger partial charge in [0.05, 0.1) is 12.8 Å². The Labute approximate surface area is 94.8 Å². The molecule has 0 aliphatic carbocycles. The second-order valence-corrected chi connectivity index (χ2v) is 4.62. The average molecular weight is 248 g/mol. The van der Waals surface area contributed by atoms with Crippen LogP contribution < -0.4 is 9.44 Å². The highest BCUT2D eigenvalue weighted by molar-refractivity contribution is 7.90. The van der Waals surface area contributed by atoms with Gasteiger partial charge in [-0.2, -0.15) is 18.2 Å². The van der Waals surface area contributed by atoms with E-state index in [9.17, 15) is 8.42 Å². The van der Waals surface area contributed by atoms with Crippen LogP contribution in [0.25, 0.3) is 0 Å². The molecular formula is C8H16N4O3S. The van der Waals surface area contributed by atoms with Gasteiger partial charge in [0.15, 0.2) is 0 Å². The Hall–Kier alpha value is -1.12. The highest BCUT2D eigenvalue weighted by atomic mass is 32.2. The molecule has 1 aromatic rings. The molecule has 92 valence electrons. The normalized spacial score (nSPS) is 11.6. The van der Waals surface area contributed by atoms with Gasteiger partial charge < -0.3 is 4.74 Å². The summed E-state index contributed by atoms with van der Waals surface area (Å²) in [6.07, 6.45) is 2.29. The fraction of sp³-hybridized carbons (Fsp3) is 0.625. The molecule has 1 heterocycles. The third kappa shape index (κ3) is 3.80. The van der Waals surface area contributed by atoms with Crippen molar-refractivity contribution in [1.82, 2.24) is 14.9 Å². The zero-order valence-corrected chi connectivity index (χ0v) is 10.1. The molecule has 0 spiro atoms. The molecule has 1 aromatic heterocycles. The van der Waals surface area contributed by atoms with Crippen LogP contribution in [0.5, 0.6) is 0 Å². The first kappa shape index (κ1) is 12.9. The number of anilines is 1. The molecule has 0 aliphatic heterocycles. The van der Waals surface area contributed by atoms with Crippen LogP contribution in [-0.4, -0.2) is 38.9 Å². The Morgan fingerprint density at radius 2 is 2.31 bits per heavy atom. The first-order valence-electron chi connectivity index (χ1n) is 4.87. The number of methoxy groups -OCH3 is 1. The van der Waals surface area contributed by atoms with Crippen LogP contribution >= 0.6 is 0 Å². The molecule has 0 bridgehead atoms. The summed E-state index contributed by atoms with van der Waals surface area (Å²) in [5, 5.41) is 6.36. The fourth-order valence-electron chi connectivity index (χ4n) is 1.12. The Balaban J connectivity index is 2.59. The molecule has 0 radical (unpaired) electrons. The predicted octanol–water partition coefficient (Wildman–Crippen LogP) is -0.135. The van der Waals surface area contributed by atoms with E-state index in [2.05, 4.69) is 19.6 Å². The number of aryl methyl sites for hydroxylation is 1. The van der Waals surface area contributed by atoms with E-state index in [-0.39, 0.29) is 6.54 Å². The minimum Gasteiger partial charge on any atom is -0.383 e. The Morgan fingerprint density at radius 1 is 1.56 bits per heavy atom. The van der Waals surface area contributed by atoms with Gasteiger partial charge in [-0.15, -0.1) is 0 Å². The molecule has 0 fully saturated rings. The molecular weight excluding hydrogens is 232 g/mol. The van der Waals surface area contributed by atoms with Gasteiger partial charge in [0.1, 0.15) is 5.82 Å². The Kier molecular flexibility index (Phi) is 4.71. The molecule has 0 saturated heterocycles. The summed E-state index contributed by atoms with van der Waals surface area (Å²) < 4.78 is 32.5. The standard InChI is InChI=1S/C8H16N4O3S/c1-3-7-6-9-11-8(7)12-16(13,14)10-4-5-15-2/h6,10H,3-5H2,1-2H3,(H2,9,11,12). The highest BCUT2D eigenvalue weighted by Gasteiger charge is 2.12. The number of aromatic nitrogens is 2. The number of nitrogens with zero attached hydrogens (tertiary/aromatic N) is 1. The van der Waals surface area contributed by atoms with E-state index < -0.39 is 10.2 Å². The fourth-order valence-corrected chi connectivity index (χ4v) is 1.99. The molecule has 0 atom stereocenters. The van der Waals surface area contributed by atoms with E-state index in [4.69, 9.17) is 4.74 Å². The maximum absolute atomic E-state index is 11.5. The molecule has 0 aromatic carbocycles. The van der Waals surface area contributed by atoms with Gasteiger partial charge in [0.25, 0.3) is 10.2 Å². The van der Waals surface area contributed by atoms with E-state index >= 15 is 0 Å². The van der Waals surface area contributed by atoms with Crippen molar-refractivity contribution in [3.05, 3.63) is 11.8 Å². The van der Waals surface area contributed by atoms with Crippen molar-refractivity contribution in [2.75, 3.05) is 25.0 Å². The lowest BCUT2D eigenvalue weighted by molar-refractivity contribution is 0.204. The molecule has 3 N–H and O–H groups in total. The molecule has 1 rings (SSSR count). The summed E-state index contributed by atoms with van der Waals surface area (Å²) in [6, 6.07) is 0. The van der Waals surface area contributed by atoms with Crippen molar-refractivity contribution < 1.29 is 13.2 Å². The maximum atomic E-state index is 11.5. The van der Waals surface area contributed by atoms with Gasteiger partial charge in [-0.25, -0.2) is 0 Å². The van der Waals surface area contributed by atoms with Crippen molar-refractivity contribution in [2.45, 2.75) is 13.3 Å². The second kappa shape index (κ2) is 5.83. The van der Waals surface area contributed by atoms with E-state index in [0.29, 0.717) is 18.8 Å². The highest BCUT2D eigenvalue weighted by Crippen LogP contribution is 2.11. The van der Waals surface area contributed by atoms with Crippen molar-refractivity contribution in [3.8, 4) is 0 Å². The number of hydrogen-bond acceptors (Lipinski definition) is 4. The van der Waals surface area contributed by atoms with Gasteiger partial charge in [-0.3, -0.25) is 9.82 Å². The molecule has 8 heteroatoms. The van der Waals surface area contributed by atoms with E-state index in [1.807, 2.05) is 6.92 Å². The van der Waals surface area contributed by atoms with Gasteiger partial charge >= 0.3 is 0 Å². The minimum absolute atomic E-state index is 0.224. The monoisotopic (exact) mass is 248 g/mol. The van der Waals surface area contributed by atoms with Crippen LogP contribution in [0.2, 0.25) is 0 Å². The first-order chi connectivity index (χ1) is 7.59. The van der Waals surface area contributed by atoms with Gasteiger partial charge in [-0.1, -0.05) is 6.92 Å². The Morgan fingerprint density at radius 3 is 2.94 bits per heavy atom. The average Bonchev–Trinajstić information content (AvgIpc) is 2.64. The summed E-state index contributed by atoms with van der Waals surface area (Å²) in [5.74, 6) is 0.396. The van der Waals surface area contributed by atoms with Gasteiger partial charge in [0, 0.05) is 19.2 Å². The van der Waals surface area contributed by atoms with E-state index in [1.54, 1.807) is 6.20 Å². The van der Waals surface area contributed by atoms with Crippen molar-refractivity contribution in [1.29, 1.82) is 0 Å². The summed E-state index contributed by atoms with van der Waals surface area (Å²) in [4.78, 5) is 0. The third-order valence-corrected chi connectivity index (χ3v) is 2.99. The number of aromatic amines is 1. The first-order valence-corrected chi connectivity index (χ1v) is 6.36. The smallest absolute Gasteiger partial charge is 0.300 e. The number of hydrogen-bond donors (Lipinski definition) is 3. The molecule has 16 heavy (non-hydrogen) atoms. The zero-order valence-electron chi connectivity index (χ0n) is 9.28. The van der Waals surface area contributed by atoms with Crippen LogP contribution in [0.1, 0.15) is 12.5 Å². The van der Waals surface area contributed by atoms with E-state index in [0.717, 1.165) is 5.56 Å². The number of H-pyrrole nitrogens is 1. The lowest BCUT2D eigenvalue weighted by Gasteiger charge is -2.08. The molecule has 0 unspecified atom stereocenters. The Bertz CT molecular complexity index is 415. The SMILES string of the molecule is CCc1cn[nH]c1NS(=O)(=O)NCCOC. The molecule has 7 nitrogen and oxygen atoms in total. The van der Waals surface area contributed by atoms with Crippen LogP contribution in [0.15, 0.2) is 6.20 Å². The quantitative estimate of drug-likeness (QED) is 0.585. The second-order valence-electron chi connectivity index (χ2n) is 3.12. The summed E-state index contributed by atoms with van der Waals surface area (Å²) in [6.45, 7) is 2.47. The summed E-state index contributed by atoms with van der Waals surface area (Å²) in [7, 11) is -2.05. The third-order valence-electron chi connectivity index (χ3n) is 1.93. The molecule has 0 amide bonds. The van der Waals surface area contributed by atoms with Crippen molar-refractivity contribution in [3.63, 3.8) is 0 Å². The predicted molar refractivity (Wildman–Crippen MR) is 60.4 cm³/mol.